The van der Waals surface area contributed by atoms with Crippen LogP contribution >= 0.6 is 11.8 Å². The van der Waals surface area contributed by atoms with Gasteiger partial charge in [0.1, 0.15) is 0 Å². The Morgan fingerprint density at radius 3 is 1.71 bits per heavy atom. The molecule has 0 aliphatic carbocycles. The second-order valence-electron chi connectivity index (χ2n) is 0.834. The van der Waals surface area contributed by atoms with Crippen molar-refractivity contribution < 1.29 is 9.59 Å². The van der Waals surface area contributed by atoms with E-state index in [0.717, 1.165) is 0 Å². The Morgan fingerprint density at radius 2 is 1.57 bits per heavy atom. The van der Waals surface area contributed by atoms with Crippen molar-refractivity contribution in [2.45, 2.75) is 0 Å². The number of nitrogens with zero attached hydrogens (tertiary/aromatic N) is 2. The minimum atomic E-state index is -0.523. The molecule has 5 heteroatoms. The number of carbonyl (C=O) groups excluding carboxylic acids is 2. The van der Waals surface area contributed by atoms with E-state index in [1.54, 1.807) is 0 Å². The molecule has 7 heavy (non-hydrogen) atoms. The normalized spacial score (nSPS) is 18.9. The maximum atomic E-state index is 9.94. The van der Waals surface area contributed by atoms with Crippen LogP contribution in [0.5, 0.6) is 0 Å². The topological polar surface area (TPSA) is 58.9 Å². The van der Waals surface area contributed by atoms with Crippen LogP contribution in [0.1, 0.15) is 0 Å². The van der Waals surface area contributed by atoms with Gasteiger partial charge >= 0.3 is 10.5 Å². The second-order valence-corrected chi connectivity index (χ2v) is 1.74. The molecule has 0 saturated heterocycles. The third-order valence-electron chi connectivity index (χ3n) is 0.388. The molecule has 0 N–H and O–H groups in total. The SMILES string of the molecule is O=C1N=NC(=O)S1. The number of hydrogen-bond donors (Lipinski definition) is 0. The molecular formula is C2N2O2S. The fourth-order valence-corrected chi connectivity index (χ4v) is 0.510. The first kappa shape index (κ1) is 4.45. The average molecular weight is 116 g/mol. The van der Waals surface area contributed by atoms with Gasteiger partial charge in [0.05, 0.1) is 0 Å². The molecule has 0 radical (unpaired) electrons. The molecule has 0 fully saturated rings. The lowest BCUT2D eigenvalue weighted by atomic mass is 11.4. The molecular weight excluding hydrogens is 116 g/mol. The Hall–Kier alpha value is -0.710. The van der Waals surface area contributed by atoms with Crippen LogP contribution in [0.4, 0.5) is 9.59 Å². The second kappa shape index (κ2) is 1.42. The highest BCUT2D eigenvalue weighted by molar-refractivity contribution is 8.26. The van der Waals surface area contributed by atoms with Crippen LogP contribution in [0.3, 0.4) is 0 Å². The molecule has 0 unspecified atom stereocenters. The van der Waals surface area contributed by atoms with Crippen molar-refractivity contribution in [1.29, 1.82) is 0 Å². The maximum Gasteiger partial charge on any atom is 0.332 e. The molecule has 0 atom stereocenters. The quantitative estimate of drug-likeness (QED) is 0.481. The molecule has 0 bridgehead atoms. The van der Waals surface area contributed by atoms with Gasteiger partial charge in [0.2, 0.25) is 0 Å². The van der Waals surface area contributed by atoms with Crippen LogP contribution < -0.4 is 0 Å². The summed E-state index contributed by atoms with van der Waals surface area (Å²) in [6.07, 6.45) is 0. The number of rotatable bonds is 0. The van der Waals surface area contributed by atoms with Crippen molar-refractivity contribution in [3.8, 4) is 0 Å². The van der Waals surface area contributed by atoms with Gasteiger partial charge in [-0.25, -0.2) is 0 Å². The van der Waals surface area contributed by atoms with Gasteiger partial charge in [-0.15, -0.1) is 0 Å². The lowest BCUT2D eigenvalue weighted by Crippen LogP contribution is -1.73. The van der Waals surface area contributed by atoms with Crippen LogP contribution in [0, 0.1) is 0 Å². The average Bonchev–Trinajstić information content (AvgIpc) is 1.87. The van der Waals surface area contributed by atoms with Crippen molar-refractivity contribution >= 4 is 22.2 Å². The Balaban J connectivity index is 2.76. The molecule has 1 rings (SSSR count). The van der Waals surface area contributed by atoms with Crippen molar-refractivity contribution in [1.82, 2.24) is 0 Å². The molecule has 0 spiro atoms. The van der Waals surface area contributed by atoms with Gasteiger partial charge in [-0.2, -0.15) is 0 Å². The van der Waals surface area contributed by atoms with E-state index in [1.165, 1.54) is 0 Å². The third kappa shape index (κ3) is 0.833. The summed E-state index contributed by atoms with van der Waals surface area (Å²) >= 11 is 0.509. The molecule has 0 aromatic heterocycles. The fourth-order valence-electron chi connectivity index (χ4n) is 0.197. The zero-order chi connectivity index (χ0) is 5.28. The third-order valence-corrected chi connectivity index (χ3v) is 0.900. The highest BCUT2D eigenvalue weighted by Crippen LogP contribution is 2.15. The molecule has 0 aromatic carbocycles. The lowest BCUT2D eigenvalue weighted by molar-refractivity contribution is 0.265. The minimum absolute atomic E-state index is 0.509. The number of azo groups is 1. The molecule has 0 saturated carbocycles. The standard InChI is InChI=1S/C2N2O2S/c5-1-3-4-2(6)7-1. The lowest BCUT2D eigenvalue weighted by Gasteiger charge is -1.65. The number of hydrogen-bond acceptors (Lipinski definition) is 3. The van der Waals surface area contributed by atoms with E-state index >= 15 is 0 Å². The van der Waals surface area contributed by atoms with Crippen LogP contribution in [0.2, 0.25) is 0 Å². The van der Waals surface area contributed by atoms with Gasteiger partial charge in [0.15, 0.2) is 0 Å². The van der Waals surface area contributed by atoms with Crippen molar-refractivity contribution in [3.05, 3.63) is 0 Å². The van der Waals surface area contributed by atoms with Crippen LogP contribution in [0.15, 0.2) is 10.2 Å². The number of carbonyl (C=O) groups is 2. The maximum absolute atomic E-state index is 9.94. The summed E-state index contributed by atoms with van der Waals surface area (Å²) < 4.78 is 0. The summed E-state index contributed by atoms with van der Waals surface area (Å²) in [7, 11) is 0. The van der Waals surface area contributed by atoms with Gasteiger partial charge in [-0.3, -0.25) is 9.59 Å². The molecule has 1 heterocycles. The molecule has 36 valence electrons. The van der Waals surface area contributed by atoms with Gasteiger partial charge < -0.3 is 0 Å². The van der Waals surface area contributed by atoms with Gasteiger partial charge in [-0.1, -0.05) is 10.2 Å². The zero-order valence-corrected chi connectivity index (χ0v) is 3.94. The molecule has 1 aliphatic heterocycles. The smallest absolute Gasteiger partial charge is 0.257 e. The molecule has 4 nitrogen and oxygen atoms in total. The summed E-state index contributed by atoms with van der Waals surface area (Å²) in [6, 6.07) is 0. The predicted molar refractivity (Wildman–Crippen MR) is 23.2 cm³/mol. The predicted octanol–water partition coefficient (Wildman–Crippen LogP) is 1.43. The van der Waals surface area contributed by atoms with Crippen molar-refractivity contribution in [3.63, 3.8) is 0 Å². The minimum Gasteiger partial charge on any atom is -0.257 e. The molecule has 1 aliphatic rings. The van der Waals surface area contributed by atoms with Crippen molar-refractivity contribution in [2.75, 3.05) is 0 Å². The number of thioether (sulfide) groups is 1. The van der Waals surface area contributed by atoms with E-state index in [4.69, 9.17) is 0 Å². The monoisotopic (exact) mass is 116 g/mol. The van der Waals surface area contributed by atoms with E-state index in [9.17, 15) is 9.59 Å². The Morgan fingerprint density at radius 1 is 1.14 bits per heavy atom. The first-order valence-corrected chi connectivity index (χ1v) is 2.28. The van der Waals surface area contributed by atoms with Crippen LogP contribution in [-0.2, 0) is 0 Å². The molecule has 2 amide bonds. The Kier molecular flexibility index (Phi) is 0.900. The van der Waals surface area contributed by atoms with E-state index in [2.05, 4.69) is 10.2 Å². The zero-order valence-electron chi connectivity index (χ0n) is 3.12. The van der Waals surface area contributed by atoms with E-state index < -0.39 is 10.5 Å². The Bertz CT molecular complexity index is 136. The highest BCUT2D eigenvalue weighted by atomic mass is 32.2. The largest absolute Gasteiger partial charge is 0.332 e. The van der Waals surface area contributed by atoms with Gasteiger partial charge in [0.25, 0.3) is 0 Å². The number of amides is 2. The first-order valence-electron chi connectivity index (χ1n) is 1.46. The van der Waals surface area contributed by atoms with Gasteiger partial charge in [0, 0.05) is 11.8 Å². The fraction of sp³-hybridized carbons (Fsp3) is 0. The first-order chi connectivity index (χ1) is 3.29. The van der Waals surface area contributed by atoms with Gasteiger partial charge in [-0.05, 0) is 0 Å². The van der Waals surface area contributed by atoms with Crippen molar-refractivity contribution in [2.24, 2.45) is 10.2 Å². The summed E-state index contributed by atoms with van der Waals surface area (Å²) in [4.78, 5) is 19.9. The van der Waals surface area contributed by atoms with E-state index in [0.29, 0.717) is 11.8 Å². The summed E-state index contributed by atoms with van der Waals surface area (Å²) in [5.74, 6) is 0. The highest BCUT2D eigenvalue weighted by Gasteiger charge is 2.15. The summed E-state index contributed by atoms with van der Waals surface area (Å²) in [5.41, 5.74) is 0. The molecule has 0 aromatic rings. The van der Waals surface area contributed by atoms with Crippen LogP contribution in [-0.4, -0.2) is 10.5 Å². The van der Waals surface area contributed by atoms with E-state index in [-0.39, 0.29) is 0 Å². The Labute approximate surface area is 43.0 Å². The van der Waals surface area contributed by atoms with Crippen LogP contribution in [0.25, 0.3) is 0 Å². The summed E-state index contributed by atoms with van der Waals surface area (Å²) in [6.45, 7) is 0. The summed E-state index contributed by atoms with van der Waals surface area (Å²) in [5, 5.41) is 4.79. The van der Waals surface area contributed by atoms with E-state index in [1.807, 2.05) is 0 Å².